The van der Waals surface area contributed by atoms with Crippen molar-refractivity contribution in [2.24, 2.45) is 5.73 Å². The minimum Gasteiger partial charge on any atom is -0.393 e. The van der Waals surface area contributed by atoms with Crippen molar-refractivity contribution in [3.05, 3.63) is 23.8 Å². The molecule has 0 aromatic carbocycles. The van der Waals surface area contributed by atoms with Crippen molar-refractivity contribution in [1.82, 2.24) is 14.9 Å². The van der Waals surface area contributed by atoms with Gasteiger partial charge in [-0.2, -0.15) is 0 Å². The zero-order chi connectivity index (χ0) is 14.0. The molecule has 1 aliphatic rings. The monoisotopic (exact) mass is 266 g/mol. The molecule has 4 N–H and O–H groups in total. The van der Waals surface area contributed by atoms with Crippen molar-refractivity contribution in [3.8, 4) is 0 Å². The Balaban J connectivity index is 2.10. The molecule has 102 valence electrons. The highest BCUT2D eigenvalue weighted by Gasteiger charge is 2.38. The highest BCUT2D eigenvalue weighted by molar-refractivity contribution is 5.94. The van der Waals surface area contributed by atoms with E-state index in [1.165, 1.54) is 11.1 Å². The molecular formula is C11H14N4O4. The molecule has 0 aliphatic carbocycles. The fourth-order valence-electron chi connectivity index (χ4n) is 1.89. The highest BCUT2D eigenvalue weighted by Crippen LogP contribution is 2.21. The lowest BCUT2D eigenvalue weighted by Gasteiger charge is -2.20. The molecule has 2 rings (SSSR count). The topological polar surface area (TPSA) is 130 Å². The van der Waals surface area contributed by atoms with E-state index < -0.39 is 24.0 Å². The van der Waals surface area contributed by atoms with Gasteiger partial charge in [-0.15, -0.1) is 0 Å². The number of amides is 2. The summed E-state index contributed by atoms with van der Waals surface area (Å²) in [5.41, 5.74) is 3.80. The molecule has 8 nitrogen and oxygen atoms in total. The van der Waals surface area contributed by atoms with E-state index >= 15 is 0 Å². The van der Waals surface area contributed by atoms with Crippen LogP contribution in [0.25, 0.3) is 0 Å². The van der Waals surface area contributed by atoms with Gasteiger partial charge in [-0.05, 0) is 6.42 Å². The van der Waals surface area contributed by atoms with E-state index in [0.29, 0.717) is 13.0 Å². The predicted octanol–water partition coefficient (Wildman–Crippen LogP) is -1.86. The van der Waals surface area contributed by atoms with Crippen LogP contribution in [0.15, 0.2) is 12.4 Å². The Kier molecular flexibility index (Phi) is 3.45. The van der Waals surface area contributed by atoms with Crippen LogP contribution in [0.5, 0.6) is 0 Å². The molecule has 0 bridgehead atoms. The number of carbonyl (C=O) groups excluding carboxylic acids is 2. The molecule has 8 heteroatoms. The standard InChI is InChI=1S/C11H14N4O4/c12-9(17)7-3-14-8(4-13-7)10(18)15-2-1-11(19,5-15)6-16/h3-4,16,19H,1-2,5-6H2,(H2,12,17). The fraction of sp³-hybridized carbons (Fsp3) is 0.455. The number of aromatic nitrogens is 2. The zero-order valence-corrected chi connectivity index (χ0v) is 10.1. The van der Waals surface area contributed by atoms with Gasteiger partial charge in [-0.1, -0.05) is 0 Å². The highest BCUT2D eigenvalue weighted by atomic mass is 16.3. The van der Waals surface area contributed by atoms with Crippen molar-refractivity contribution in [2.45, 2.75) is 12.0 Å². The minimum atomic E-state index is -1.25. The summed E-state index contributed by atoms with van der Waals surface area (Å²) in [5, 5.41) is 18.9. The first-order valence-electron chi connectivity index (χ1n) is 5.69. The zero-order valence-electron chi connectivity index (χ0n) is 10.1. The van der Waals surface area contributed by atoms with Crippen LogP contribution in [0.4, 0.5) is 0 Å². The van der Waals surface area contributed by atoms with Crippen molar-refractivity contribution in [2.75, 3.05) is 19.7 Å². The summed E-state index contributed by atoms with van der Waals surface area (Å²) in [6.45, 7) is -0.0280. The van der Waals surface area contributed by atoms with Crippen molar-refractivity contribution in [1.29, 1.82) is 0 Å². The molecule has 2 heterocycles. The summed E-state index contributed by atoms with van der Waals surface area (Å²) in [6.07, 6.45) is 2.60. The van der Waals surface area contributed by atoms with E-state index in [-0.39, 0.29) is 17.9 Å². The summed E-state index contributed by atoms with van der Waals surface area (Å²) in [7, 11) is 0. The van der Waals surface area contributed by atoms with Gasteiger partial charge in [0.2, 0.25) is 0 Å². The number of β-amino-alcohol motifs (C(OH)–C–C–N with tert-alkyl or cyclic N) is 1. The molecule has 1 aromatic rings. The third-order valence-electron chi connectivity index (χ3n) is 3.04. The van der Waals surface area contributed by atoms with Gasteiger partial charge < -0.3 is 20.8 Å². The maximum atomic E-state index is 12.0. The lowest BCUT2D eigenvalue weighted by Crippen LogP contribution is -2.39. The summed E-state index contributed by atoms with van der Waals surface area (Å²) in [5.74, 6) is -1.13. The number of aliphatic hydroxyl groups is 2. The second-order valence-corrected chi connectivity index (χ2v) is 4.51. The van der Waals surface area contributed by atoms with Gasteiger partial charge in [-0.25, -0.2) is 9.97 Å². The Hall–Kier alpha value is -2.06. The normalized spacial score (nSPS) is 22.5. The van der Waals surface area contributed by atoms with Crippen LogP contribution in [0, 0.1) is 0 Å². The largest absolute Gasteiger partial charge is 0.393 e. The van der Waals surface area contributed by atoms with Gasteiger partial charge in [0.15, 0.2) is 0 Å². The van der Waals surface area contributed by atoms with Gasteiger partial charge >= 0.3 is 0 Å². The number of likely N-dealkylation sites (tertiary alicyclic amines) is 1. The molecule has 2 amide bonds. The first-order chi connectivity index (χ1) is 8.95. The molecule has 0 spiro atoms. The number of nitrogens with zero attached hydrogens (tertiary/aromatic N) is 3. The van der Waals surface area contributed by atoms with E-state index in [1.54, 1.807) is 0 Å². The number of hydrogen-bond acceptors (Lipinski definition) is 6. The first-order valence-corrected chi connectivity index (χ1v) is 5.69. The van der Waals surface area contributed by atoms with E-state index in [4.69, 9.17) is 10.8 Å². The molecule has 0 radical (unpaired) electrons. The summed E-state index contributed by atoms with van der Waals surface area (Å²) >= 11 is 0. The van der Waals surface area contributed by atoms with Gasteiger partial charge in [0.1, 0.15) is 17.0 Å². The maximum absolute atomic E-state index is 12.0. The van der Waals surface area contributed by atoms with E-state index in [2.05, 4.69) is 9.97 Å². The molecule has 1 fully saturated rings. The lowest BCUT2D eigenvalue weighted by atomic mass is 10.1. The van der Waals surface area contributed by atoms with E-state index in [1.807, 2.05) is 0 Å². The average molecular weight is 266 g/mol. The summed E-state index contributed by atoms with van der Waals surface area (Å²) < 4.78 is 0. The Labute approximate surface area is 108 Å². The van der Waals surface area contributed by atoms with Gasteiger partial charge in [0.25, 0.3) is 11.8 Å². The van der Waals surface area contributed by atoms with Crippen molar-refractivity contribution in [3.63, 3.8) is 0 Å². The Morgan fingerprint density at radius 1 is 1.37 bits per heavy atom. The maximum Gasteiger partial charge on any atom is 0.274 e. The SMILES string of the molecule is NC(=O)c1cnc(C(=O)N2CCC(O)(CO)C2)cn1. The molecule has 0 saturated carbocycles. The Morgan fingerprint density at radius 2 is 2.00 bits per heavy atom. The second-order valence-electron chi connectivity index (χ2n) is 4.51. The third kappa shape index (κ3) is 2.69. The molecule has 1 atom stereocenters. The van der Waals surface area contributed by atoms with Crippen LogP contribution in [-0.4, -0.2) is 62.2 Å². The van der Waals surface area contributed by atoms with Crippen LogP contribution in [0.3, 0.4) is 0 Å². The van der Waals surface area contributed by atoms with Crippen LogP contribution in [0.1, 0.15) is 27.4 Å². The number of carbonyl (C=O) groups is 2. The molecule has 1 saturated heterocycles. The fourth-order valence-corrected chi connectivity index (χ4v) is 1.89. The lowest BCUT2D eigenvalue weighted by molar-refractivity contribution is -0.00460. The van der Waals surface area contributed by atoms with Gasteiger partial charge in [-0.3, -0.25) is 9.59 Å². The van der Waals surface area contributed by atoms with Crippen LogP contribution < -0.4 is 5.73 Å². The van der Waals surface area contributed by atoms with Gasteiger partial charge in [0.05, 0.1) is 25.5 Å². The Morgan fingerprint density at radius 3 is 2.47 bits per heavy atom. The van der Waals surface area contributed by atoms with Crippen LogP contribution in [-0.2, 0) is 0 Å². The number of rotatable bonds is 3. The van der Waals surface area contributed by atoms with E-state index in [0.717, 1.165) is 6.20 Å². The second kappa shape index (κ2) is 4.90. The van der Waals surface area contributed by atoms with Gasteiger partial charge in [0, 0.05) is 6.54 Å². The first kappa shape index (κ1) is 13.4. The quantitative estimate of drug-likeness (QED) is 0.588. The Bertz CT molecular complexity index is 504. The van der Waals surface area contributed by atoms with E-state index in [9.17, 15) is 14.7 Å². The summed E-state index contributed by atoms with van der Waals surface area (Å²) in [4.78, 5) is 31.8. The van der Waals surface area contributed by atoms with Crippen molar-refractivity contribution < 1.29 is 19.8 Å². The van der Waals surface area contributed by atoms with Crippen molar-refractivity contribution >= 4 is 11.8 Å². The third-order valence-corrected chi connectivity index (χ3v) is 3.04. The molecular weight excluding hydrogens is 252 g/mol. The van der Waals surface area contributed by atoms with Crippen LogP contribution >= 0.6 is 0 Å². The predicted molar refractivity (Wildman–Crippen MR) is 63.1 cm³/mol. The molecule has 1 unspecified atom stereocenters. The average Bonchev–Trinajstić information content (AvgIpc) is 2.81. The smallest absolute Gasteiger partial charge is 0.274 e. The summed E-state index contributed by atoms with van der Waals surface area (Å²) in [6, 6.07) is 0. The molecule has 1 aromatic heterocycles. The molecule has 19 heavy (non-hydrogen) atoms. The number of nitrogens with two attached hydrogens (primary N) is 1. The molecule has 1 aliphatic heterocycles. The number of hydrogen-bond donors (Lipinski definition) is 3. The van der Waals surface area contributed by atoms with Crippen LogP contribution in [0.2, 0.25) is 0 Å². The minimum absolute atomic E-state index is 0.0233. The number of aliphatic hydroxyl groups excluding tert-OH is 1. The number of primary amides is 1.